The lowest BCUT2D eigenvalue weighted by Gasteiger charge is -2.28. The third-order valence-electron chi connectivity index (χ3n) is 22.8. The zero-order chi connectivity index (χ0) is 72.3. The van der Waals surface area contributed by atoms with Gasteiger partial charge in [0.1, 0.15) is 0 Å². The van der Waals surface area contributed by atoms with Crippen molar-refractivity contribution in [3.8, 4) is 33.4 Å². The van der Waals surface area contributed by atoms with E-state index in [4.69, 9.17) is 0 Å². The van der Waals surface area contributed by atoms with Crippen LogP contribution in [0.5, 0.6) is 0 Å². The van der Waals surface area contributed by atoms with Gasteiger partial charge in [-0.25, -0.2) is 0 Å². The molecule has 0 bridgehead atoms. The predicted molar refractivity (Wildman–Crippen MR) is 479 cm³/mol. The number of thiophene rings is 2. The maximum atomic E-state index is 2.45. The monoisotopic (exact) mass is 1430 g/mol. The molecule has 0 radical (unpaired) electrons. The van der Waals surface area contributed by atoms with Crippen LogP contribution in [0.4, 0.5) is 34.1 Å². The van der Waals surface area contributed by atoms with Crippen molar-refractivity contribution in [1.29, 1.82) is 0 Å². The van der Waals surface area contributed by atoms with Crippen molar-refractivity contribution in [2.24, 2.45) is 0 Å². The van der Waals surface area contributed by atoms with Crippen LogP contribution in [0.25, 0.3) is 181 Å². The molecule has 2 nitrogen and oxygen atoms in total. The molecule has 0 atom stereocenters. The first-order valence-electron chi connectivity index (χ1n) is 37.7. The Morgan fingerprint density at radius 2 is 0.445 bits per heavy atom. The minimum absolute atomic E-state index is 1.12. The van der Waals surface area contributed by atoms with Crippen molar-refractivity contribution in [3.05, 3.63) is 400 Å². The first-order chi connectivity index (χ1) is 54.5. The number of hydrogen-bond acceptors (Lipinski definition) is 4. The van der Waals surface area contributed by atoms with Gasteiger partial charge in [-0.1, -0.05) is 309 Å². The van der Waals surface area contributed by atoms with Gasteiger partial charge < -0.3 is 9.80 Å². The Morgan fingerprint density at radius 1 is 0.155 bits per heavy atom. The summed E-state index contributed by atoms with van der Waals surface area (Å²) in [6, 6.07) is 148. The molecule has 0 aliphatic heterocycles. The number of anilines is 6. The molecule has 512 valence electrons. The molecule has 110 heavy (non-hydrogen) atoms. The van der Waals surface area contributed by atoms with E-state index in [0.29, 0.717) is 0 Å². The molecule has 4 heteroatoms. The number of hydrogen-bond donors (Lipinski definition) is 0. The van der Waals surface area contributed by atoms with Crippen LogP contribution in [-0.2, 0) is 0 Å². The summed E-state index contributed by atoms with van der Waals surface area (Å²) >= 11 is 3.78. The summed E-state index contributed by atoms with van der Waals surface area (Å²) in [5.41, 5.74) is 14.2. The Kier molecular flexibility index (Phi) is 15.0. The molecule has 0 saturated heterocycles. The van der Waals surface area contributed by atoms with Gasteiger partial charge in [0.05, 0.1) is 5.69 Å². The van der Waals surface area contributed by atoms with Crippen LogP contribution in [0.15, 0.2) is 400 Å². The van der Waals surface area contributed by atoms with Gasteiger partial charge in [0, 0.05) is 74.2 Å². The lowest BCUT2D eigenvalue weighted by atomic mass is 9.92. The lowest BCUT2D eigenvalue weighted by Crippen LogP contribution is -2.10. The van der Waals surface area contributed by atoms with Gasteiger partial charge in [0.2, 0.25) is 0 Å². The van der Waals surface area contributed by atoms with Crippen LogP contribution < -0.4 is 9.80 Å². The van der Waals surface area contributed by atoms with Crippen LogP contribution in [0.3, 0.4) is 0 Å². The third kappa shape index (κ3) is 10.7. The molecule has 23 rings (SSSR count). The predicted octanol–water partition coefficient (Wildman–Crippen LogP) is 31.6. The fourth-order valence-electron chi connectivity index (χ4n) is 17.5. The van der Waals surface area contributed by atoms with E-state index in [-0.39, 0.29) is 0 Å². The number of nitrogens with zero attached hydrogens (tertiary/aromatic N) is 2. The van der Waals surface area contributed by atoms with Crippen molar-refractivity contribution < 1.29 is 0 Å². The molecule has 0 saturated carbocycles. The molecule has 0 aliphatic rings. The summed E-state index contributed by atoms with van der Waals surface area (Å²) in [6.45, 7) is 0. The second kappa shape index (κ2) is 26.0. The molecule has 0 fully saturated rings. The van der Waals surface area contributed by atoms with Crippen LogP contribution >= 0.6 is 22.7 Å². The quantitative estimate of drug-likeness (QED) is 0.133. The van der Waals surface area contributed by atoms with E-state index in [1.165, 1.54) is 187 Å². The molecule has 0 N–H and O–H groups in total. The lowest BCUT2D eigenvalue weighted by molar-refractivity contribution is 1.30. The topological polar surface area (TPSA) is 6.48 Å². The van der Waals surface area contributed by atoms with Crippen LogP contribution in [-0.4, -0.2) is 0 Å². The zero-order valence-electron chi connectivity index (χ0n) is 59.8. The molecule has 21 aromatic carbocycles. The second-order valence-corrected chi connectivity index (χ2v) is 31.1. The van der Waals surface area contributed by atoms with Gasteiger partial charge in [0.15, 0.2) is 0 Å². The summed E-state index contributed by atoms with van der Waals surface area (Å²) in [5.74, 6) is 0. The van der Waals surface area contributed by atoms with Gasteiger partial charge in [-0.2, -0.15) is 0 Å². The highest BCUT2D eigenvalue weighted by Crippen LogP contribution is 2.49. The maximum Gasteiger partial charge on any atom is 0.0546 e. The largest absolute Gasteiger partial charge is 0.310 e. The summed E-state index contributed by atoms with van der Waals surface area (Å²) in [7, 11) is 0. The highest BCUT2D eigenvalue weighted by molar-refractivity contribution is 7.27. The van der Waals surface area contributed by atoms with Crippen molar-refractivity contribution in [2.45, 2.75) is 0 Å². The fourth-order valence-corrected chi connectivity index (χ4v) is 20.0. The Bertz CT molecular complexity index is 7660. The molecule has 0 aliphatic carbocycles. The number of rotatable bonds is 9. The van der Waals surface area contributed by atoms with E-state index >= 15 is 0 Å². The minimum Gasteiger partial charge on any atom is -0.310 e. The van der Waals surface area contributed by atoms with Crippen molar-refractivity contribution in [2.75, 3.05) is 9.80 Å². The molecule has 0 unspecified atom stereocenters. The van der Waals surface area contributed by atoms with Gasteiger partial charge in [-0.15, -0.1) is 22.7 Å². The normalized spacial score (nSPS) is 11.8. The molecule has 23 aromatic rings. The Balaban J connectivity index is 0.000000136. The average molecular weight is 1430 g/mol. The standard InChI is InChI=1S/C56H35NS.C50H31NS/c1-6-16-46-38(11-1)27-31-51-53-35-43(30-32-55(53)58-56(46)51)57(54-34-41-13-3-5-15-45(41)48-18-9-10-20-50(48)54)42-28-25-37(26-29-42)36-21-23-39(24-22-36)52-33-40-12-2-4-14-44(40)47-17-7-8-19-49(47)52;1-4-12-40-32(9-1)17-18-36-29-38(24-27-42(36)40)51(39-25-28-49-48(31-39)46-26-21-33-10-2-6-14-43(33)50(46)52-49)37-22-19-34(20-23-37)47-30-35-11-3-5-13-41(35)44-15-7-8-16-45(44)47/h1-35H;1-31H. The fraction of sp³-hybridized carbons (Fsp3) is 0. The highest BCUT2D eigenvalue weighted by Gasteiger charge is 2.22. The summed E-state index contributed by atoms with van der Waals surface area (Å²) < 4.78 is 5.30. The highest BCUT2D eigenvalue weighted by atomic mass is 32.1. The summed E-state index contributed by atoms with van der Waals surface area (Å²) in [5, 5.41) is 30.6. The second-order valence-electron chi connectivity index (χ2n) is 29.0. The van der Waals surface area contributed by atoms with Crippen molar-refractivity contribution >= 4 is 205 Å². The van der Waals surface area contributed by atoms with E-state index in [1.807, 2.05) is 22.7 Å². The van der Waals surface area contributed by atoms with Gasteiger partial charge in [-0.3, -0.25) is 0 Å². The SMILES string of the molecule is c1ccc2c(c1)cc(-c1ccc(-c3ccc(N(c4ccc5sc6c7ccccc7ccc6c5c4)c4cc5ccccc5c5ccccc45)cc3)cc1)c1ccccc12.c1ccc2c(c1)ccc1cc(N(c3ccc(-c4cc5ccccc5c5ccccc45)cc3)c3ccc4sc5c6ccccc6ccc5c4c3)ccc12. The van der Waals surface area contributed by atoms with Gasteiger partial charge in [0.25, 0.3) is 0 Å². The van der Waals surface area contributed by atoms with E-state index < -0.39 is 0 Å². The van der Waals surface area contributed by atoms with Crippen molar-refractivity contribution in [1.82, 2.24) is 0 Å². The van der Waals surface area contributed by atoms with Gasteiger partial charge in [-0.05, 0) is 227 Å². The van der Waals surface area contributed by atoms with Crippen LogP contribution in [0.2, 0.25) is 0 Å². The molecular formula is C106H66N2S2. The van der Waals surface area contributed by atoms with E-state index in [9.17, 15) is 0 Å². The summed E-state index contributed by atoms with van der Waals surface area (Å²) in [6.07, 6.45) is 0. The molecule has 0 spiro atoms. The number of benzene rings is 21. The van der Waals surface area contributed by atoms with E-state index in [0.717, 1.165) is 28.4 Å². The Morgan fingerprint density at radius 3 is 0.945 bits per heavy atom. The maximum absolute atomic E-state index is 2.45. The van der Waals surface area contributed by atoms with Crippen LogP contribution in [0.1, 0.15) is 0 Å². The molecule has 2 heterocycles. The minimum atomic E-state index is 1.12. The smallest absolute Gasteiger partial charge is 0.0546 e. The Hall–Kier alpha value is -13.7. The molecular weight excluding hydrogens is 1370 g/mol. The van der Waals surface area contributed by atoms with Crippen LogP contribution in [0, 0.1) is 0 Å². The van der Waals surface area contributed by atoms with Crippen molar-refractivity contribution in [3.63, 3.8) is 0 Å². The zero-order valence-corrected chi connectivity index (χ0v) is 61.4. The first-order valence-corrected chi connectivity index (χ1v) is 39.4. The third-order valence-corrected chi connectivity index (χ3v) is 25.2. The average Bonchev–Trinajstić information content (AvgIpc) is 1.39. The Labute approximate surface area is 643 Å². The summed E-state index contributed by atoms with van der Waals surface area (Å²) in [4.78, 5) is 4.87. The van der Waals surface area contributed by atoms with E-state index in [1.54, 1.807) is 0 Å². The van der Waals surface area contributed by atoms with Gasteiger partial charge >= 0.3 is 0 Å². The van der Waals surface area contributed by atoms with E-state index in [2.05, 4.69) is 410 Å². The molecule has 2 aromatic heterocycles. The molecule has 0 amide bonds. The number of fused-ring (bicyclic) bond motifs is 22. The first kappa shape index (κ1) is 63.5.